The molecular formula is C18H24Cl2F3NO3. The van der Waals surface area contributed by atoms with Gasteiger partial charge in [-0.05, 0) is 43.0 Å². The first-order chi connectivity index (χ1) is 12.4. The Labute approximate surface area is 167 Å². The second-order valence-corrected chi connectivity index (χ2v) is 7.83. The van der Waals surface area contributed by atoms with Gasteiger partial charge in [0, 0.05) is 25.2 Å². The Bertz CT molecular complexity index is 618. The molecule has 0 saturated carbocycles. The van der Waals surface area contributed by atoms with Gasteiger partial charge in [0.1, 0.15) is 0 Å². The summed E-state index contributed by atoms with van der Waals surface area (Å²) >= 11 is 12.1. The highest BCUT2D eigenvalue weighted by molar-refractivity contribution is 6.42. The molecule has 1 unspecified atom stereocenters. The van der Waals surface area contributed by atoms with Gasteiger partial charge in [-0.15, -0.1) is 0 Å². The van der Waals surface area contributed by atoms with Gasteiger partial charge in [-0.1, -0.05) is 43.1 Å². The zero-order valence-corrected chi connectivity index (χ0v) is 16.7. The molecule has 1 aromatic rings. The Balaban J connectivity index is 0.000000445. The lowest BCUT2D eigenvalue weighted by atomic mass is 9.84. The van der Waals surface area contributed by atoms with E-state index >= 15 is 0 Å². The fourth-order valence-electron chi connectivity index (χ4n) is 2.54. The fraction of sp³-hybridized carbons (Fsp3) is 0.611. The topological polar surface area (TPSA) is 58.6 Å². The van der Waals surface area contributed by atoms with Gasteiger partial charge in [0.05, 0.1) is 10.0 Å². The van der Waals surface area contributed by atoms with Gasteiger partial charge in [0.25, 0.3) is 0 Å². The molecule has 0 bridgehead atoms. The molecule has 1 aromatic carbocycles. The normalized spacial score (nSPS) is 17.4. The number of carbonyl (C=O) groups is 1. The van der Waals surface area contributed by atoms with E-state index in [1.165, 1.54) is 18.4 Å². The molecule has 1 saturated heterocycles. The molecule has 0 radical (unpaired) electrons. The van der Waals surface area contributed by atoms with Gasteiger partial charge in [-0.25, -0.2) is 4.79 Å². The van der Waals surface area contributed by atoms with E-state index in [4.69, 9.17) is 37.8 Å². The maximum atomic E-state index is 10.6. The lowest BCUT2D eigenvalue weighted by molar-refractivity contribution is -0.192. The van der Waals surface area contributed by atoms with E-state index < -0.39 is 12.1 Å². The van der Waals surface area contributed by atoms with Gasteiger partial charge in [-0.3, -0.25) is 0 Å². The predicted octanol–water partition coefficient (Wildman–Crippen LogP) is 4.92. The van der Waals surface area contributed by atoms with Crippen LogP contribution in [-0.4, -0.2) is 43.6 Å². The number of carboxylic acids is 1. The Morgan fingerprint density at radius 1 is 1.30 bits per heavy atom. The number of benzene rings is 1. The Hall–Kier alpha value is -1.02. The number of halogens is 5. The van der Waals surface area contributed by atoms with Crippen LogP contribution in [0.4, 0.5) is 13.2 Å². The minimum Gasteiger partial charge on any atom is -0.475 e. The van der Waals surface area contributed by atoms with Gasteiger partial charge in [0.15, 0.2) is 0 Å². The fourth-order valence-corrected chi connectivity index (χ4v) is 2.84. The molecule has 1 aliphatic rings. The van der Waals surface area contributed by atoms with Gasteiger partial charge in [0.2, 0.25) is 0 Å². The van der Waals surface area contributed by atoms with Crippen molar-refractivity contribution in [2.45, 2.75) is 38.3 Å². The minimum atomic E-state index is -5.08. The zero-order valence-electron chi connectivity index (χ0n) is 15.2. The molecule has 1 atom stereocenters. The van der Waals surface area contributed by atoms with Crippen LogP contribution in [-0.2, 0) is 14.9 Å². The van der Waals surface area contributed by atoms with Crippen LogP contribution in [0.15, 0.2) is 18.2 Å². The van der Waals surface area contributed by atoms with Crippen molar-refractivity contribution >= 4 is 29.2 Å². The molecule has 4 nitrogen and oxygen atoms in total. The summed E-state index contributed by atoms with van der Waals surface area (Å²) in [5, 5.41) is 11.9. The summed E-state index contributed by atoms with van der Waals surface area (Å²) in [7, 11) is 0. The number of aliphatic carboxylic acids is 1. The first-order valence-electron chi connectivity index (χ1n) is 8.47. The quantitative estimate of drug-likeness (QED) is 0.629. The van der Waals surface area contributed by atoms with E-state index in [9.17, 15) is 13.2 Å². The second-order valence-electron chi connectivity index (χ2n) is 7.01. The predicted molar refractivity (Wildman–Crippen MR) is 99.6 cm³/mol. The average molecular weight is 430 g/mol. The van der Waals surface area contributed by atoms with Crippen LogP contribution in [0.2, 0.25) is 10.0 Å². The Morgan fingerprint density at radius 2 is 1.93 bits per heavy atom. The first kappa shape index (κ1) is 24.0. The number of hydrogen-bond acceptors (Lipinski definition) is 3. The van der Waals surface area contributed by atoms with Crippen LogP contribution < -0.4 is 5.32 Å². The lowest BCUT2D eigenvalue weighted by Gasteiger charge is -2.26. The smallest absolute Gasteiger partial charge is 0.475 e. The lowest BCUT2D eigenvalue weighted by Crippen LogP contribution is -2.34. The number of alkyl halides is 3. The molecule has 0 aliphatic carbocycles. The SMILES string of the molecule is CC(C)(CNCCC1CCOC1)c1ccc(Cl)c(Cl)c1.O=C(O)C(F)(F)F. The highest BCUT2D eigenvalue weighted by atomic mass is 35.5. The minimum absolute atomic E-state index is 0.0421. The number of nitrogens with one attached hydrogen (secondary N) is 1. The van der Waals surface area contributed by atoms with E-state index in [1.54, 1.807) is 0 Å². The number of rotatable bonds is 6. The van der Waals surface area contributed by atoms with Crippen LogP contribution in [0.25, 0.3) is 0 Å². The van der Waals surface area contributed by atoms with Crippen LogP contribution in [0.1, 0.15) is 32.3 Å². The summed E-state index contributed by atoms with van der Waals surface area (Å²) in [6, 6.07) is 5.90. The van der Waals surface area contributed by atoms with Crippen molar-refractivity contribution in [3.8, 4) is 0 Å². The van der Waals surface area contributed by atoms with Gasteiger partial charge in [-0.2, -0.15) is 13.2 Å². The Kier molecular flexibility index (Phi) is 9.34. The van der Waals surface area contributed by atoms with Crippen LogP contribution in [0.3, 0.4) is 0 Å². The molecule has 0 spiro atoms. The molecule has 0 aromatic heterocycles. The first-order valence-corrected chi connectivity index (χ1v) is 9.23. The molecule has 0 amide bonds. The summed E-state index contributed by atoms with van der Waals surface area (Å²) in [6.07, 6.45) is -2.69. The van der Waals surface area contributed by atoms with Crippen molar-refractivity contribution in [1.82, 2.24) is 5.32 Å². The largest absolute Gasteiger partial charge is 0.490 e. The molecule has 9 heteroatoms. The standard InChI is InChI=1S/C16H23Cl2NO.C2HF3O2/c1-16(2,13-3-4-14(17)15(18)9-13)11-19-7-5-12-6-8-20-10-12;3-2(4,5)1(6)7/h3-4,9,12,19H,5-8,10-11H2,1-2H3;(H,6,7). The van der Waals surface area contributed by atoms with E-state index in [0.717, 1.165) is 32.2 Å². The van der Waals surface area contributed by atoms with Crippen LogP contribution in [0, 0.1) is 5.92 Å². The van der Waals surface area contributed by atoms with Crippen molar-refractivity contribution in [1.29, 1.82) is 0 Å². The van der Waals surface area contributed by atoms with E-state index in [2.05, 4.69) is 25.2 Å². The highest BCUT2D eigenvalue weighted by Gasteiger charge is 2.38. The van der Waals surface area contributed by atoms with Crippen molar-refractivity contribution in [2.24, 2.45) is 5.92 Å². The van der Waals surface area contributed by atoms with E-state index in [-0.39, 0.29) is 5.41 Å². The molecule has 154 valence electrons. The molecular weight excluding hydrogens is 406 g/mol. The summed E-state index contributed by atoms with van der Waals surface area (Å²) in [5.41, 5.74) is 1.25. The molecule has 1 aliphatic heterocycles. The molecule has 27 heavy (non-hydrogen) atoms. The summed E-state index contributed by atoms with van der Waals surface area (Å²) < 4.78 is 37.1. The van der Waals surface area contributed by atoms with Gasteiger partial charge >= 0.3 is 12.1 Å². The van der Waals surface area contributed by atoms with Crippen LogP contribution in [0.5, 0.6) is 0 Å². The molecule has 2 N–H and O–H groups in total. The monoisotopic (exact) mass is 429 g/mol. The van der Waals surface area contributed by atoms with E-state index in [1.807, 2.05) is 12.1 Å². The number of hydrogen-bond donors (Lipinski definition) is 2. The van der Waals surface area contributed by atoms with E-state index in [0.29, 0.717) is 10.0 Å². The molecule has 1 heterocycles. The summed E-state index contributed by atoms with van der Waals surface area (Å²) in [5.74, 6) is -2.02. The molecule has 1 fully saturated rings. The average Bonchev–Trinajstić information content (AvgIpc) is 3.07. The van der Waals surface area contributed by atoms with Crippen molar-refractivity contribution in [2.75, 3.05) is 26.3 Å². The zero-order chi connectivity index (χ0) is 20.7. The summed E-state index contributed by atoms with van der Waals surface area (Å²) in [4.78, 5) is 8.90. The summed E-state index contributed by atoms with van der Waals surface area (Å²) in [6.45, 7) is 8.27. The Morgan fingerprint density at radius 3 is 2.41 bits per heavy atom. The van der Waals surface area contributed by atoms with Crippen LogP contribution >= 0.6 is 23.2 Å². The number of ether oxygens (including phenoxy) is 1. The second kappa shape index (κ2) is 10.5. The third-order valence-corrected chi connectivity index (χ3v) is 5.00. The maximum absolute atomic E-state index is 10.6. The highest BCUT2D eigenvalue weighted by Crippen LogP contribution is 2.29. The third-order valence-electron chi connectivity index (χ3n) is 4.26. The molecule has 2 rings (SSSR count). The number of carboxylic acid groups (broad SMARTS) is 1. The van der Waals surface area contributed by atoms with Crippen molar-refractivity contribution in [3.63, 3.8) is 0 Å². The van der Waals surface area contributed by atoms with Gasteiger partial charge < -0.3 is 15.2 Å². The van der Waals surface area contributed by atoms with Crippen molar-refractivity contribution in [3.05, 3.63) is 33.8 Å². The maximum Gasteiger partial charge on any atom is 0.490 e. The third kappa shape index (κ3) is 8.68. The van der Waals surface area contributed by atoms with Crippen molar-refractivity contribution < 1.29 is 27.8 Å².